The van der Waals surface area contributed by atoms with Crippen LogP contribution in [0.3, 0.4) is 0 Å². The molecule has 0 saturated heterocycles. The highest BCUT2D eigenvalue weighted by Crippen LogP contribution is 2.24. The van der Waals surface area contributed by atoms with E-state index in [0.29, 0.717) is 11.4 Å². The van der Waals surface area contributed by atoms with E-state index >= 15 is 0 Å². The Balaban J connectivity index is 1.65. The molecule has 1 atom stereocenters. The van der Waals surface area contributed by atoms with E-state index in [1.54, 1.807) is 6.92 Å². The number of hydrogen-bond donors (Lipinski definition) is 1. The molecule has 0 unspecified atom stereocenters. The highest BCUT2D eigenvalue weighted by atomic mass is 35.5. The van der Waals surface area contributed by atoms with Crippen LogP contribution < -0.4 is 5.32 Å². The molecule has 3 rings (SSSR count). The number of hydrogen-bond acceptors (Lipinski definition) is 4. The van der Waals surface area contributed by atoms with E-state index < -0.39 is 24.3 Å². The second kappa shape index (κ2) is 8.87. The zero-order chi connectivity index (χ0) is 21.0. The SMILES string of the molecule is Cc1nn(-c2ccc(F)cc2)c(Cl)c1C(=O)OCC(=O)N[C@@H](C)c1ccccc1. The highest BCUT2D eigenvalue weighted by Gasteiger charge is 2.23. The summed E-state index contributed by atoms with van der Waals surface area (Å²) in [4.78, 5) is 24.6. The maximum Gasteiger partial charge on any atom is 0.343 e. The summed E-state index contributed by atoms with van der Waals surface area (Å²) in [6.07, 6.45) is 0. The number of benzene rings is 2. The molecule has 0 aliphatic carbocycles. The molecular weight excluding hydrogens is 397 g/mol. The summed E-state index contributed by atoms with van der Waals surface area (Å²) in [7, 11) is 0. The largest absolute Gasteiger partial charge is 0.452 e. The Morgan fingerprint density at radius 2 is 1.83 bits per heavy atom. The molecule has 150 valence electrons. The standard InChI is InChI=1S/C21H19ClFN3O3/c1-13(15-6-4-3-5-7-15)24-18(27)12-29-21(28)19-14(2)25-26(20(19)22)17-10-8-16(23)9-11-17/h3-11,13H,12H2,1-2H3,(H,24,27)/t13-/m0/s1. The van der Waals surface area contributed by atoms with Crippen LogP contribution in [-0.4, -0.2) is 28.3 Å². The van der Waals surface area contributed by atoms with Gasteiger partial charge in [-0.3, -0.25) is 4.79 Å². The Bertz CT molecular complexity index is 1020. The monoisotopic (exact) mass is 415 g/mol. The Kier molecular flexibility index (Phi) is 6.29. The van der Waals surface area contributed by atoms with Crippen LogP contribution in [0.15, 0.2) is 54.6 Å². The molecule has 6 nitrogen and oxygen atoms in total. The van der Waals surface area contributed by atoms with Gasteiger partial charge in [-0.1, -0.05) is 41.9 Å². The highest BCUT2D eigenvalue weighted by molar-refractivity contribution is 6.33. The number of rotatable bonds is 6. The topological polar surface area (TPSA) is 73.2 Å². The fourth-order valence-electron chi connectivity index (χ4n) is 2.80. The zero-order valence-corrected chi connectivity index (χ0v) is 16.6. The summed E-state index contributed by atoms with van der Waals surface area (Å²) in [5, 5.41) is 7.00. The van der Waals surface area contributed by atoms with Crippen LogP contribution in [0.1, 0.15) is 34.6 Å². The molecule has 0 aliphatic rings. The van der Waals surface area contributed by atoms with Gasteiger partial charge in [0, 0.05) is 0 Å². The van der Waals surface area contributed by atoms with Crippen molar-refractivity contribution >= 4 is 23.5 Å². The Morgan fingerprint density at radius 3 is 2.48 bits per heavy atom. The number of nitrogens with one attached hydrogen (secondary N) is 1. The zero-order valence-electron chi connectivity index (χ0n) is 15.9. The molecular formula is C21H19ClFN3O3. The molecule has 2 aromatic carbocycles. The lowest BCUT2D eigenvalue weighted by molar-refractivity contribution is -0.124. The van der Waals surface area contributed by atoms with Gasteiger partial charge in [-0.15, -0.1) is 0 Å². The van der Waals surface area contributed by atoms with Gasteiger partial charge < -0.3 is 10.1 Å². The van der Waals surface area contributed by atoms with Gasteiger partial charge in [-0.05, 0) is 43.7 Å². The minimum Gasteiger partial charge on any atom is -0.452 e. The van der Waals surface area contributed by atoms with Gasteiger partial charge >= 0.3 is 5.97 Å². The third-order valence-electron chi connectivity index (χ3n) is 4.29. The average Bonchev–Trinajstić information content (AvgIpc) is 3.01. The van der Waals surface area contributed by atoms with E-state index in [9.17, 15) is 14.0 Å². The maximum atomic E-state index is 13.1. The fraction of sp³-hybridized carbons (Fsp3) is 0.190. The van der Waals surface area contributed by atoms with E-state index in [1.807, 2.05) is 37.3 Å². The van der Waals surface area contributed by atoms with Crippen molar-refractivity contribution in [1.82, 2.24) is 15.1 Å². The molecule has 1 N–H and O–H groups in total. The predicted molar refractivity (Wildman–Crippen MR) is 107 cm³/mol. The third-order valence-corrected chi connectivity index (χ3v) is 4.64. The molecule has 8 heteroatoms. The first-order valence-electron chi connectivity index (χ1n) is 8.89. The van der Waals surface area contributed by atoms with Gasteiger partial charge in [-0.2, -0.15) is 5.10 Å². The predicted octanol–water partition coefficient (Wildman–Crippen LogP) is 4.01. The Morgan fingerprint density at radius 1 is 1.17 bits per heavy atom. The minimum atomic E-state index is -0.761. The van der Waals surface area contributed by atoms with Gasteiger partial charge in [0.15, 0.2) is 6.61 Å². The number of esters is 1. The number of aromatic nitrogens is 2. The van der Waals surface area contributed by atoms with Gasteiger partial charge in [0.05, 0.1) is 17.4 Å². The second-order valence-corrected chi connectivity index (χ2v) is 6.77. The molecule has 0 spiro atoms. The van der Waals surface area contributed by atoms with Crippen LogP contribution in [0.2, 0.25) is 5.15 Å². The Hall–Kier alpha value is -3.19. The molecule has 0 fully saturated rings. The van der Waals surface area contributed by atoms with Crippen molar-refractivity contribution in [3.8, 4) is 5.69 Å². The van der Waals surface area contributed by atoms with Gasteiger partial charge in [-0.25, -0.2) is 13.9 Å². The summed E-state index contributed by atoms with van der Waals surface area (Å²) in [6, 6.07) is 14.7. The smallest absolute Gasteiger partial charge is 0.343 e. The van der Waals surface area contributed by atoms with Crippen molar-refractivity contribution < 1.29 is 18.7 Å². The third kappa shape index (κ3) is 4.81. The number of carbonyl (C=O) groups excluding carboxylic acids is 2. The number of nitrogens with zero attached hydrogens (tertiary/aromatic N) is 2. The molecule has 29 heavy (non-hydrogen) atoms. The van der Waals surface area contributed by atoms with Crippen LogP contribution in [-0.2, 0) is 9.53 Å². The number of halogens is 2. The summed E-state index contributed by atoms with van der Waals surface area (Å²) >= 11 is 6.28. The van der Waals surface area contributed by atoms with Gasteiger partial charge in [0.25, 0.3) is 5.91 Å². The van der Waals surface area contributed by atoms with E-state index in [0.717, 1.165) is 5.56 Å². The van der Waals surface area contributed by atoms with Crippen molar-refractivity contribution in [3.63, 3.8) is 0 Å². The van der Waals surface area contributed by atoms with Crippen molar-refractivity contribution in [2.24, 2.45) is 0 Å². The molecule has 1 aromatic heterocycles. The lowest BCUT2D eigenvalue weighted by Crippen LogP contribution is -2.31. The minimum absolute atomic E-state index is 0.0252. The van der Waals surface area contributed by atoms with Crippen molar-refractivity contribution in [2.45, 2.75) is 19.9 Å². The van der Waals surface area contributed by atoms with Crippen molar-refractivity contribution in [2.75, 3.05) is 6.61 Å². The first kappa shape index (κ1) is 20.5. The average molecular weight is 416 g/mol. The molecule has 3 aromatic rings. The van der Waals surface area contributed by atoms with E-state index in [4.69, 9.17) is 16.3 Å². The van der Waals surface area contributed by atoms with E-state index in [1.165, 1.54) is 28.9 Å². The van der Waals surface area contributed by atoms with Crippen LogP contribution in [0.25, 0.3) is 5.69 Å². The number of ether oxygens (including phenoxy) is 1. The summed E-state index contributed by atoms with van der Waals surface area (Å²) < 4.78 is 19.5. The summed E-state index contributed by atoms with van der Waals surface area (Å²) in [5.74, 6) is -1.60. The number of carbonyl (C=O) groups is 2. The van der Waals surface area contributed by atoms with Crippen LogP contribution in [0.4, 0.5) is 4.39 Å². The van der Waals surface area contributed by atoms with Crippen LogP contribution in [0, 0.1) is 12.7 Å². The van der Waals surface area contributed by atoms with Gasteiger partial charge in [0.2, 0.25) is 0 Å². The first-order valence-corrected chi connectivity index (χ1v) is 9.27. The fourth-order valence-corrected chi connectivity index (χ4v) is 3.15. The molecule has 1 heterocycles. The number of amides is 1. The Labute approximate surface area is 172 Å². The van der Waals surface area contributed by atoms with Crippen molar-refractivity contribution in [3.05, 3.63) is 82.4 Å². The summed E-state index contributed by atoms with van der Waals surface area (Å²) in [6.45, 7) is 2.98. The molecule has 0 aliphatic heterocycles. The summed E-state index contributed by atoms with van der Waals surface area (Å²) in [5.41, 5.74) is 1.82. The quantitative estimate of drug-likeness (QED) is 0.617. The van der Waals surface area contributed by atoms with Crippen LogP contribution >= 0.6 is 11.6 Å². The molecule has 0 radical (unpaired) electrons. The molecule has 0 bridgehead atoms. The van der Waals surface area contributed by atoms with Crippen molar-refractivity contribution in [1.29, 1.82) is 0 Å². The lowest BCUT2D eigenvalue weighted by Gasteiger charge is -2.14. The van der Waals surface area contributed by atoms with E-state index in [2.05, 4.69) is 10.4 Å². The van der Waals surface area contributed by atoms with E-state index in [-0.39, 0.29) is 16.8 Å². The maximum absolute atomic E-state index is 13.1. The van der Waals surface area contributed by atoms with Gasteiger partial charge in [0.1, 0.15) is 16.5 Å². The lowest BCUT2D eigenvalue weighted by atomic mass is 10.1. The number of aryl methyl sites for hydroxylation is 1. The molecule has 0 saturated carbocycles. The first-order chi connectivity index (χ1) is 13.9. The normalized spacial score (nSPS) is 11.7. The van der Waals surface area contributed by atoms with Crippen LogP contribution in [0.5, 0.6) is 0 Å². The molecule has 1 amide bonds. The second-order valence-electron chi connectivity index (χ2n) is 6.42.